The van der Waals surface area contributed by atoms with Crippen LogP contribution in [0.2, 0.25) is 10.0 Å². The van der Waals surface area contributed by atoms with E-state index in [1.807, 2.05) is 53.4 Å². The fraction of sp³-hybridized carbons (Fsp3) is 0.638. The number of hydrogen-bond acceptors (Lipinski definition) is 13. The van der Waals surface area contributed by atoms with Crippen molar-refractivity contribution in [2.45, 2.75) is 117 Å². The van der Waals surface area contributed by atoms with E-state index in [0.717, 1.165) is 38.8 Å². The van der Waals surface area contributed by atoms with E-state index in [4.69, 9.17) is 46.9 Å². The van der Waals surface area contributed by atoms with Gasteiger partial charge < -0.3 is 63.8 Å². The van der Waals surface area contributed by atoms with Crippen LogP contribution in [0.4, 0.5) is 14.4 Å². The number of hydrogen-bond donors (Lipinski definition) is 3. The Hall–Kier alpha value is -4.78. The molecule has 2 aliphatic heterocycles. The number of ether oxygens (including phenoxy) is 7. The van der Waals surface area contributed by atoms with Crippen LogP contribution >= 0.6 is 35.6 Å². The Kier molecular flexibility index (Phi) is 25.6. The van der Waals surface area contributed by atoms with Gasteiger partial charge in [0, 0.05) is 63.0 Å². The number of carbonyl (C=O) groups is 5. The topological polar surface area (TPSA) is 196 Å². The lowest BCUT2D eigenvalue weighted by Gasteiger charge is -2.41. The maximum atomic E-state index is 13.8. The monoisotopic (exact) mass is 1020 g/mol. The number of alkyl carbamates (subject to hydrolysis) is 2. The number of methoxy groups -OCH3 is 4. The van der Waals surface area contributed by atoms with Gasteiger partial charge in [-0.1, -0.05) is 23.2 Å². The standard InChI is InChI=1S/C26H40ClN3O7.C21H32ClN3O5.ClH/c1-17(2)30(18-10-8-12-29(16-18)25(33)37-26(3,4)5)23(31)19-14-22(21(34-6)15-20(19)27)36-13-9-11-28-24(32)35-7;1-14(2)25(15-7-5-8-23-13-15)20(26)16-11-19(18(28-3)12-17(16)22)30-10-6-9-24-21(27)29-4;/h14-15,17-18H,8-13,16H2,1-7H3,(H,28,32);11-12,14-15,23H,5-10,13H2,1-4H3,(H,24,27);1H/t18-;15-;/m11./s1. The van der Waals surface area contributed by atoms with Gasteiger partial charge in [0.05, 0.1) is 68.9 Å². The molecule has 0 aliphatic carbocycles. The first-order valence-corrected chi connectivity index (χ1v) is 23.5. The summed E-state index contributed by atoms with van der Waals surface area (Å²) >= 11 is 13.0. The molecule has 0 saturated carbocycles. The van der Waals surface area contributed by atoms with E-state index >= 15 is 0 Å². The second kappa shape index (κ2) is 29.3. The van der Waals surface area contributed by atoms with Crippen LogP contribution in [0.1, 0.15) is 108 Å². The van der Waals surface area contributed by atoms with E-state index in [1.54, 1.807) is 34.1 Å². The molecule has 68 heavy (non-hydrogen) atoms. The van der Waals surface area contributed by atoms with Crippen LogP contribution in [0.5, 0.6) is 23.0 Å². The zero-order valence-electron chi connectivity index (χ0n) is 41.4. The largest absolute Gasteiger partial charge is 0.493 e. The maximum Gasteiger partial charge on any atom is 0.410 e. The van der Waals surface area contributed by atoms with E-state index in [-0.39, 0.29) is 71.7 Å². The molecule has 3 N–H and O–H groups in total. The van der Waals surface area contributed by atoms with Crippen molar-refractivity contribution in [1.29, 1.82) is 0 Å². The SMILES string of the molecule is COC(=O)NCCCOc1cc(C(=O)N(C(C)C)[C@@H]2CCCN(C(=O)OC(C)(C)C)C2)c(Cl)cc1OC.COC(=O)NCCCOc1cc(C(=O)N(C(C)C)[C@@H]2CCCNC2)c(Cl)cc1OC.Cl. The fourth-order valence-corrected chi connectivity index (χ4v) is 8.11. The van der Waals surface area contributed by atoms with Gasteiger partial charge >= 0.3 is 18.3 Å². The highest BCUT2D eigenvalue weighted by Gasteiger charge is 2.36. The molecule has 0 aromatic heterocycles. The van der Waals surface area contributed by atoms with Gasteiger partial charge in [-0.2, -0.15) is 0 Å². The highest BCUT2D eigenvalue weighted by atomic mass is 35.5. The van der Waals surface area contributed by atoms with E-state index in [2.05, 4.69) is 25.4 Å². The van der Waals surface area contributed by atoms with Gasteiger partial charge in [0.1, 0.15) is 5.60 Å². The summed E-state index contributed by atoms with van der Waals surface area (Å²) in [6.07, 6.45) is 3.20. The molecule has 18 nitrogen and oxygen atoms in total. The van der Waals surface area contributed by atoms with Crippen molar-refractivity contribution in [2.75, 3.05) is 80.9 Å². The minimum absolute atomic E-state index is 0. The van der Waals surface area contributed by atoms with Crippen molar-refractivity contribution in [1.82, 2.24) is 30.7 Å². The summed E-state index contributed by atoms with van der Waals surface area (Å²) in [5, 5.41) is 9.10. The molecule has 2 heterocycles. The van der Waals surface area contributed by atoms with Crippen LogP contribution in [0.3, 0.4) is 0 Å². The molecule has 2 aromatic rings. The van der Waals surface area contributed by atoms with Gasteiger partial charge in [0.2, 0.25) is 0 Å². The second-order valence-corrected chi connectivity index (χ2v) is 18.4. The van der Waals surface area contributed by atoms with Gasteiger partial charge in [-0.15, -0.1) is 12.4 Å². The Morgan fingerprint density at radius 2 is 1.18 bits per heavy atom. The number of halogens is 3. The fourth-order valence-electron chi connectivity index (χ4n) is 7.64. The number of carbonyl (C=O) groups excluding carboxylic acids is 5. The Balaban J connectivity index is 0.000000470. The van der Waals surface area contributed by atoms with Crippen molar-refractivity contribution >= 4 is 65.7 Å². The normalized spacial score (nSPS) is 15.7. The zero-order chi connectivity index (χ0) is 49.8. The number of nitrogens with one attached hydrogen (secondary N) is 3. The third-order valence-electron chi connectivity index (χ3n) is 10.7. The Morgan fingerprint density at radius 1 is 0.721 bits per heavy atom. The number of rotatable bonds is 18. The van der Waals surface area contributed by atoms with Crippen molar-refractivity contribution in [3.63, 3.8) is 0 Å². The Morgan fingerprint density at radius 3 is 1.57 bits per heavy atom. The first kappa shape index (κ1) is 59.3. The van der Waals surface area contributed by atoms with Crippen LogP contribution in [0.25, 0.3) is 0 Å². The first-order chi connectivity index (χ1) is 31.8. The molecule has 0 radical (unpaired) electrons. The summed E-state index contributed by atoms with van der Waals surface area (Å²) in [6.45, 7) is 17.5. The molecule has 2 aliphatic rings. The Bertz CT molecular complexity index is 1950. The molecule has 0 bridgehead atoms. The quantitative estimate of drug-likeness (QED) is 0.0956. The van der Waals surface area contributed by atoms with Gasteiger partial charge in [0.25, 0.3) is 11.8 Å². The molecular formula is C47H73Cl3N6O12. The molecule has 2 fully saturated rings. The highest BCUT2D eigenvalue weighted by Crippen LogP contribution is 2.37. The summed E-state index contributed by atoms with van der Waals surface area (Å²) in [6, 6.07) is 6.22. The molecular weight excluding hydrogens is 947 g/mol. The first-order valence-electron chi connectivity index (χ1n) is 22.7. The van der Waals surface area contributed by atoms with Gasteiger partial charge in [-0.05, 0) is 106 Å². The minimum Gasteiger partial charge on any atom is -0.493 e. The van der Waals surface area contributed by atoms with Crippen molar-refractivity contribution < 1.29 is 57.1 Å². The molecule has 2 atom stereocenters. The molecule has 0 unspecified atom stereocenters. The number of nitrogens with zero attached hydrogens (tertiary/aromatic N) is 3. The molecule has 2 saturated heterocycles. The van der Waals surface area contributed by atoms with Gasteiger partial charge in [-0.3, -0.25) is 9.59 Å². The maximum absolute atomic E-state index is 13.8. The lowest BCUT2D eigenvalue weighted by atomic mass is 10.0. The molecule has 2 aromatic carbocycles. The molecule has 4 rings (SSSR count). The van der Waals surface area contributed by atoms with Crippen LogP contribution in [0, 0.1) is 0 Å². The lowest BCUT2D eigenvalue weighted by molar-refractivity contribution is 0.00751. The molecule has 5 amide bonds. The minimum atomic E-state index is -0.597. The molecule has 384 valence electrons. The average molecular weight is 1020 g/mol. The van der Waals surface area contributed by atoms with E-state index < -0.39 is 17.8 Å². The summed E-state index contributed by atoms with van der Waals surface area (Å²) in [7, 11) is 5.62. The number of benzene rings is 2. The zero-order valence-corrected chi connectivity index (χ0v) is 43.8. The van der Waals surface area contributed by atoms with Crippen LogP contribution < -0.4 is 34.9 Å². The van der Waals surface area contributed by atoms with Crippen LogP contribution in [-0.2, 0) is 14.2 Å². The lowest BCUT2D eigenvalue weighted by Crippen LogP contribution is -2.54. The highest BCUT2D eigenvalue weighted by molar-refractivity contribution is 6.34. The summed E-state index contributed by atoms with van der Waals surface area (Å²) in [5.41, 5.74) is 0.0765. The smallest absolute Gasteiger partial charge is 0.410 e. The van der Waals surface area contributed by atoms with Crippen LogP contribution in [0.15, 0.2) is 24.3 Å². The van der Waals surface area contributed by atoms with E-state index in [0.29, 0.717) is 79.2 Å². The number of piperidine rings is 2. The predicted octanol–water partition coefficient (Wildman–Crippen LogP) is 8.22. The van der Waals surface area contributed by atoms with Gasteiger partial charge in [0.15, 0.2) is 23.0 Å². The molecule has 0 spiro atoms. The Labute approximate surface area is 418 Å². The summed E-state index contributed by atoms with van der Waals surface area (Å²) in [4.78, 5) is 67.5. The van der Waals surface area contributed by atoms with E-state index in [9.17, 15) is 24.0 Å². The molecule has 21 heteroatoms. The average Bonchev–Trinajstić information content (AvgIpc) is 3.28. The number of likely N-dealkylation sites (tertiary alicyclic amines) is 1. The third kappa shape index (κ3) is 18.3. The third-order valence-corrected chi connectivity index (χ3v) is 11.3. The van der Waals surface area contributed by atoms with Gasteiger partial charge in [-0.25, -0.2) is 14.4 Å². The van der Waals surface area contributed by atoms with Crippen molar-refractivity contribution in [3.8, 4) is 23.0 Å². The summed E-state index contributed by atoms with van der Waals surface area (Å²) < 4.78 is 37.0. The predicted molar refractivity (Wildman–Crippen MR) is 264 cm³/mol. The number of amides is 5. The van der Waals surface area contributed by atoms with E-state index in [1.165, 1.54) is 28.4 Å². The second-order valence-electron chi connectivity index (χ2n) is 17.5. The summed E-state index contributed by atoms with van der Waals surface area (Å²) in [5.74, 6) is 1.28. The van der Waals surface area contributed by atoms with Crippen molar-refractivity contribution in [3.05, 3.63) is 45.4 Å². The van der Waals surface area contributed by atoms with Crippen LogP contribution in [-0.4, -0.2) is 155 Å². The van der Waals surface area contributed by atoms with Crippen molar-refractivity contribution in [2.24, 2.45) is 0 Å².